The number of rotatable bonds is 15. The van der Waals surface area contributed by atoms with E-state index in [9.17, 15) is 24.3 Å². The molecule has 17 nitrogen and oxygen atoms in total. The van der Waals surface area contributed by atoms with E-state index in [0.29, 0.717) is 66.2 Å². The van der Waals surface area contributed by atoms with Crippen LogP contribution in [0.1, 0.15) is 68.2 Å². The van der Waals surface area contributed by atoms with E-state index < -0.39 is 64.5 Å². The summed E-state index contributed by atoms with van der Waals surface area (Å²) in [6, 6.07) is 3.25. The monoisotopic (exact) mass is 867 g/mol. The van der Waals surface area contributed by atoms with Crippen molar-refractivity contribution >= 4 is 52.4 Å². The third kappa shape index (κ3) is 10.7. The average molecular weight is 868 g/mol. The van der Waals surface area contributed by atoms with Gasteiger partial charge >= 0.3 is 12.1 Å². The van der Waals surface area contributed by atoms with Gasteiger partial charge < -0.3 is 49.3 Å². The Labute approximate surface area is 360 Å². The van der Waals surface area contributed by atoms with E-state index in [4.69, 9.17) is 39.9 Å². The predicted molar refractivity (Wildman–Crippen MR) is 228 cm³/mol. The first-order valence-corrected chi connectivity index (χ1v) is 21.0. The third-order valence-electron chi connectivity index (χ3n) is 10.7. The normalized spacial score (nSPS) is 22.4. The molecule has 0 spiro atoms. The number of morpholine rings is 1. The number of carbonyl (C=O) groups is 4. The molecule has 4 heterocycles. The molecule has 0 radical (unpaired) electrons. The molecule has 2 aliphatic heterocycles. The van der Waals surface area contributed by atoms with Gasteiger partial charge in [0.15, 0.2) is 0 Å². The molecule has 1 aliphatic carbocycles. The number of ether oxygens (including phenoxy) is 4. The molecule has 3 aliphatic rings. The summed E-state index contributed by atoms with van der Waals surface area (Å²) >= 11 is 7.05. The number of fused-ring (bicyclic) bond motifs is 1. The Bertz CT molecular complexity index is 2130. The molecule has 5 atom stereocenters. The highest BCUT2D eigenvalue weighted by molar-refractivity contribution is 6.36. The first kappa shape index (κ1) is 45.4. The molecular weight excluding hydrogens is 810 g/mol. The fraction of sp³-hybridized carbons (Fsp3) is 0.581. The smallest absolute Gasteiger partial charge is 0.408 e. The number of hydrogen-bond donors (Lipinski definition) is 4. The lowest BCUT2D eigenvalue weighted by Gasteiger charge is -2.35. The number of benzene rings is 1. The van der Waals surface area contributed by atoms with Crippen LogP contribution in [0.3, 0.4) is 0 Å². The summed E-state index contributed by atoms with van der Waals surface area (Å²) in [4.78, 5) is 67.4. The zero-order valence-corrected chi connectivity index (χ0v) is 36.9. The van der Waals surface area contributed by atoms with E-state index in [1.807, 2.05) is 13.8 Å². The van der Waals surface area contributed by atoms with Crippen molar-refractivity contribution in [2.75, 3.05) is 51.3 Å². The highest BCUT2D eigenvalue weighted by atomic mass is 35.5. The molecule has 0 bridgehead atoms. The zero-order chi connectivity index (χ0) is 44.4. The summed E-state index contributed by atoms with van der Waals surface area (Å²) in [5.41, 5.74) is -2.10. The van der Waals surface area contributed by atoms with Gasteiger partial charge in [-0.3, -0.25) is 14.5 Å². The SMILES string of the molecule is C=C[C@@H]1C[C@]1(NC(=O)[C@@H]1C[C@@H](Oc2cc(-c3coc(NC(C)C)n3)nc3c(Cl)c(OCCN4CCOCC4)ccc23)CN1C(=O)[C@@H](NC(=O)OC(C)(C)C)C(C)(C)C)C(=O)O. The quantitative estimate of drug-likeness (QED) is 0.139. The van der Waals surface area contributed by atoms with Crippen LogP contribution in [0.4, 0.5) is 10.8 Å². The molecule has 1 saturated carbocycles. The molecule has 1 aromatic carbocycles. The standard InChI is InChI=1S/C43H58ClN7O10/c1-10-25-21-43(25,38(54)55)49-36(52)30-19-26(22-51(30)37(53)35(41(4,5)6)48-40(56)61-42(7,8)9)60-32-20-28(29-23-59-39(47-29)45-24(2)3)46-34-27(32)11-12-31(33(34)44)58-18-15-50-13-16-57-17-14-50/h10-12,20,23-26,30,35H,1,13-19,21-22H2,2-9H3,(H,45,47)(H,48,56)(H,49,52)(H,54,55)/t25-,26-,30+,35-,43-/m1/s1. The minimum absolute atomic E-state index is 0.0165. The van der Waals surface area contributed by atoms with Gasteiger partial charge in [-0.15, -0.1) is 6.58 Å². The lowest BCUT2D eigenvalue weighted by atomic mass is 9.85. The summed E-state index contributed by atoms with van der Waals surface area (Å²) in [5.74, 6) is -2.19. The lowest BCUT2D eigenvalue weighted by molar-refractivity contribution is -0.146. The molecule has 3 fully saturated rings. The molecule has 3 aromatic rings. The number of nitrogens with zero attached hydrogens (tertiary/aromatic N) is 4. The molecular formula is C43H58ClN7O10. The summed E-state index contributed by atoms with van der Waals surface area (Å²) in [7, 11) is 0. The largest absolute Gasteiger partial charge is 0.491 e. The number of halogens is 1. The van der Waals surface area contributed by atoms with Crippen LogP contribution < -0.4 is 25.4 Å². The number of oxazole rings is 1. The Balaban J connectivity index is 1.35. The first-order chi connectivity index (χ1) is 28.7. The van der Waals surface area contributed by atoms with Crippen LogP contribution in [-0.2, 0) is 23.9 Å². The number of likely N-dealkylation sites (tertiary alicyclic amines) is 1. The number of alkyl carbamates (subject to hydrolysis) is 1. The number of carboxylic acid groups (broad SMARTS) is 1. The van der Waals surface area contributed by atoms with Gasteiger partial charge in [-0.25, -0.2) is 14.6 Å². The first-order valence-electron chi connectivity index (χ1n) is 20.6. The van der Waals surface area contributed by atoms with Gasteiger partial charge in [0, 0.05) is 49.5 Å². The van der Waals surface area contributed by atoms with Gasteiger partial charge in [0.05, 0.1) is 31.0 Å². The van der Waals surface area contributed by atoms with E-state index in [2.05, 4.69) is 32.4 Å². The van der Waals surface area contributed by atoms with Crippen molar-refractivity contribution in [2.24, 2.45) is 11.3 Å². The van der Waals surface area contributed by atoms with Crippen molar-refractivity contribution in [1.82, 2.24) is 30.4 Å². The fourth-order valence-electron chi connectivity index (χ4n) is 7.48. The number of carbonyl (C=O) groups excluding carboxylic acids is 3. The maximum absolute atomic E-state index is 14.7. The number of nitrogens with one attached hydrogen (secondary N) is 3. The van der Waals surface area contributed by atoms with Crippen molar-refractivity contribution in [3.05, 3.63) is 42.1 Å². The summed E-state index contributed by atoms with van der Waals surface area (Å²) in [6.45, 7) is 22.0. The van der Waals surface area contributed by atoms with Crippen molar-refractivity contribution in [2.45, 2.75) is 104 Å². The number of aromatic nitrogens is 2. The predicted octanol–water partition coefficient (Wildman–Crippen LogP) is 5.51. The van der Waals surface area contributed by atoms with E-state index in [-0.39, 0.29) is 30.5 Å². The number of carboxylic acids is 1. The summed E-state index contributed by atoms with van der Waals surface area (Å²) in [5, 5.41) is 19.5. The average Bonchev–Trinajstić information content (AvgIpc) is 3.45. The van der Waals surface area contributed by atoms with Gasteiger partial charge in [-0.1, -0.05) is 38.4 Å². The van der Waals surface area contributed by atoms with Gasteiger partial charge in [0.1, 0.15) is 64.4 Å². The second-order valence-electron chi connectivity index (χ2n) is 18.2. The van der Waals surface area contributed by atoms with E-state index in [1.165, 1.54) is 17.2 Å². The maximum Gasteiger partial charge on any atom is 0.408 e. The molecule has 2 aromatic heterocycles. The molecule has 61 heavy (non-hydrogen) atoms. The number of hydrogen-bond acceptors (Lipinski definition) is 13. The van der Waals surface area contributed by atoms with E-state index in [0.717, 1.165) is 13.1 Å². The van der Waals surface area contributed by atoms with Crippen molar-refractivity contribution in [3.8, 4) is 22.9 Å². The minimum Gasteiger partial charge on any atom is -0.491 e. The summed E-state index contributed by atoms with van der Waals surface area (Å²) in [6.07, 6.45) is 1.50. The maximum atomic E-state index is 14.7. The minimum atomic E-state index is -1.56. The number of anilines is 1. The van der Waals surface area contributed by atoms with Crippen LogP contribution in [0.15, 0.2) is 41.5 Å². The molecule has 332 valence electrons. The summed E-state index contributed by atoms with van der Waals surface area (Å²) < 4.78 is 29.6. The van der Waals surface area contributed by atoms with Crippen molar-refractivity contribution < 1.29 is 47.6 Å². The molecule has 0 unspecified atom stereocenters. The van der Waals surface area contributed by atoms with Crippen LogP contribution in [0, 0.1) is 11.3 Å². The van der Waals surface area contributed by atoms with Crippen LogP contribution in [0.2, 0.25) is 5.02 Å². The van der Waals surface area contributed by atoms with E-state index in [1.54, 1.807) is 59.7 Å². The van der Waals surface area contributed by atoms with Crippen LogP contribution >= 0.6 is 11.6 Å². The molecule has 3 amide bonds. The van der Waals surface area contributed by atoms with Crippen LogP contribution in [0.25, 0.3) is 22.3 Å². The molecule has 6 rings (SSSR count). The Hall–Kier alpha value is -5.13. The third-order valence-corrected chi connectivity index (χ3v) is 11.1. The van der Waals surface area contributed by atoms with Gasteiger partial charge in [0.2, 0.25) is 11.8 Å². The number of amides is 3. The highest BCUT2D eigenvalue weighted by Crippen LogP contribution is 2.45. The van der Waals surface area contributed by atoms with Crippen molar-refractivity contribution in [3.63, 3.8) is 0 Å². The molecule has 4 N–H and O–H groups in total. The Morgan fingerprint density at radius 2 is 1.80 bits per heavy atom. The fourth-order valence-corrected chi connectivity index (χ4v) is 7.74. The highest BCUT2D eigenvalue weighted by Gasteiger charge is 2.61. The Kier molecular flexibility index (Phi) is 13.4. The van der Waals surface area contributed by atoms with Gasteiger partial charge in [0.25, 0.3) is 6.01 Å². The second kappa shape index (κ2) is 18.1. The zero-order valence-electron chi connectivity index (χ0n) is 36.1. The Morgan fingerprint density at radius 1 is 1.08 bits per heavy atom. The number of aliphatic carboxylic acids is 1. The Morgan fingerprint density at radius 3 is 2.43 bits per heavy atom. The van der Waals surface area contributed by atoms with E-state index >= 15 is 0 Å². The lowest BCUT2D eigenvalue weighted by Crippen LogP contribution is -2.59. The van der Waals surface area contributed by atoms with Crippen LogP contribution in [0.5, 0.6) is 11.5 Å². The molecule has 2 saturated heterocycles. The molecule has 18 heteroatoms. The van der Waals surface area contributed by atoms with Gasteiger partial charge in [-0.05, 0) is 58.6 Å². The second-order valence-corrected chi connectivity index (χ2v) is 18.5. The van der Waals surface area contributed by atoms with Crippen LogP contribution in [-0.4, -0.2) is 130 Å². The topological polar surface area (TPSA) is 207 Å². The number of pyridine rings is 1. The van der Waals surface area contributed by atoms with Crippen molar-refractivity contribution in [1.29, 1.82) is 0 Å². The van der Waals surface area contributed by atoms with Gasteiger partial charge in [-0.2, -0.15) is 4.98 Å².